The number of hydrogen-bond donors (Lipinski definition) is 0. The number of sulfonamides is 1. The SMILES string of the molecule is CC(C)c1cc(C(=O)N2CC(S(=O)(=O)N3CCOCC3)C2)on1. The molecule has 2 fully saturated rings. The van der Waals surface area contributed by atoms with Gasteiger partial charge in [-0.1, -0.05) is 19.0 Å². The highest BCUT2D eigenvalue weighted by atomic mass is 32.2. The number of rotatable bonds is 4. The van der Waals surface area contributed by atoms with Gasteiger partial charge in [0, 0.05) is 32.2 Å². The van der Waals surface area contributed by atoms with Crippen molar-refractivity contribution in [3.63, 3.8) is 0 Å². The molecule has 0 atom stereocenters. The zero-order valence-corrected chi connectivity index (χ0v) is 14.1. The zero-order valence-electron chi connectivity index (χ0n) is 13.3. The fourth-order valence-electron chi connectivity index (χ4n) is 2.62. The summed E-state index contributed by atoms with van der Waals surface area (Å²) in [4.78, 5) is 13.8. The Morgan fingerprint density at radius 3 is 2.52 bits per heavy atom. The lowest BCUT2D eigenvalue weighted by atomic mass is 10.1. The maximum atomic E-state index is 12.5. The molecule has 0 radical (unpaired) electrons. The zero-order chi connectivity index (χ0) is 16.6. The standard InChI is InChI=1S/C14H21N3O5S/c1-10(2)12-7-13(22-15-12)14(18)16-8-11(9-16)23(19,20)17-3-5-21-6-4-17/h7,10-11H,3-6,8-9H2,1-2H3. The summed E-state index contributed by atoms with van der Waals surface area (Å²) in [5.41, 5.74) is 0.714. The van der Waals surface area contributed by atoms with Crippen molar-refractivity contribution >= 4 is 15.9 Å². The Hall–Kier alpha value is -1.45. The van der Waals surface area contributed by atoms with E-state index in [1.807, 2.05) is 13.8 Å². The van der Waals surface area contributed by atoms with E-state index < -0.39 is 15.3 Å². The molecule has 9 heteroatoms. The monoisotopic (exact) mass is 343 g/mol. The number of morpholine rings is 1. The maximum Gasteiger partial charge on any atom is 0.292 e. The molecule has 0 unspecified atom stereocenters. The van der Waals surface area contributed by atoms with Gasteiger partial charge >= 0.3 is 0 Å². The van der Waals surface area contributed by atoms with E-state index in [9.17, 15) is 13.2 Å². The third-order valence-corrected chi connectivity index (χ3v) is 6.44. The Morgan fingerprint density at radius 1 is 1.30 bits per heavy atom. The van der Waals surface area contributed by atoms with Crippen LogP contribution in [0.5, 0.6) is 0 Å². The molecule has 0 aliphatic carbocycles. The van der Waals surface area contributed by atoms with Gasteiger partial charge in [-0.15, -0.1) is 0 Å². The van der Waals surface area contributed by atoms with E-state index in [2.05, 4.69) is 5.16 Å². The highest BCUT2D eigenvalue weighted by Crippen LogP contribution is 2.24. The molecule has 0 saturated carbocycles. The summed E-state index contributed by atoms with van der Waals surface area (Å²) in [5.74, 6) is 0.0277. The Kier molecular flexibility index (Phi) is 4.43. The van der Waals surface area contributed by atoms with Crippen LogP contribution in [0.1, 0.15) is 36.0 Å². The van der Waals surface area contributed by atoms with E-state index in [-0.39, 0.29) is 30.7 Å². The smallest absolute Gasteiger partial charge is 0.292 e. The summed E-state index contributed by atoms with van der Waals surface area (Å²) in [7, 11) is -3.37. The number of hydrogen-bond acceptors (Lipinski definition) is 6. The van der Waals surface area contributed by atoms with Crippen molar-refractivity contribution in [1.29, 1.82) is 0 Å². The minimum Gasteiger partial charge on any atom is -0.379 e. The first-order valence-electron chi connectivity index (χ1n) is 7.72. The minimum atomic E-state index is -3.37. The van der Waals surface area contributed by atoms with E-state index in [0.717, 1.165) is 0 Å². The second-order valence-electron chi connectivity index (χ2n) is 6.16. The number of likely N-dealkylation sites (tertiary alicyclic amines) is 1. The molecular formula is C14H21N3O5S. The third kappa shape index (κ3) is 3.13. The quantitative estimate of drug-likeness (QED) is 0.780. The Labute approximate surface area is 135 Å². The van der Waals surface area contributed by atoms with Gasteiger partial charge in [0.25, 0.3) is 5.91 Å². The lowest BCUT2D eigenvalue weighted by Gasteiger charge is -2.41. The van der Waals surface area contributed by atoms with Crippen molar-refractivity contribution in [2.24, 2.45) is 0 Å². The van der Waals surface area contributed by atoms with Gasteiger partial charge < -0.3 is 14.2 Å². The number of carbonyl (C=O) groups is 1. The first kappa shape index (κ1) is 16.4. The molecule has 2 aliphatic heterocycles. The molecule has 128 valence electrons. The van der Waals surface area contributed by atoms with Gasteiger partial charge in [0.05, 0.1) is 18.9 Å². The average molecular weight is 343 g/mol. The molecule has 1 amide bonds. The molecule has 1 aromatic heterocycles. The Morgan fingerprint density at radius 2 is 1.96 bits per heavy atom. The highest BCUT2D eigenvalue weighted by molar-refractivity contribution is 7.89. The minimum absolute atomic E-state index is 0.163. The predicted molar refractivity (Wildman–Crippen MR) is 81.6 cm³/mol. The van der Waals surface area contributed by atoms with E-state index in [1.165, 1.54) is 9.21 Å². The van der Waals surface area contributed by atoms with Gasteiger partial charge in [-0.2, -0.15) is 4.31 Å². The molecule has 3 rings (SSSR count). The van der Waals surface area contributed by atoms with Gasteiger partial charge in [-0.05, 0) is 5.92 Å². The maximum absolute atomic E-state index is 12.5. The second kappa shape index (κ2) is 6.21. The first-order chi connectivity index (χ1) is 10.9. The normalized spacial score (nSPS) is 20.7. The number of aromatic nitrogens is 1. The van der Waals surface area contributed by atoms with Crippen LogP contribution in [-0.4, -0.2) is 73.3 Å². The van der Waals surface area contributed by atoms with Crippen LogP contribution in [0.15, 0.2) is 10.6 Å². The van der Waals surface area contributed by atoms with Crippen LogP contribution in [0.3, 0.4) is 0 Å². The van der Waals surface area contributed by atoms with Gasteiger partial charge in [-0.3, -0.25) is 4.79 Å². The molecule has 2 saturated heterocycles. The van der Waals surface area contributed by atoms with Crippen molar-refractivity contribution in [3.8, 4) is 0 Å². The van der Waals surface area contributed by atoms with Crippen molar-refractivity contribution in [2.75, 3.05) is 39.4 Å². The second-order valence-corrected chi connectivity index (χ2v) is 8.37. The van der Waals surface area contributed by atoms with Crippen LogP contribution in [0, 0.1) is 0 Å². The van der Waals surface area contributed by atoms with Crippen molar-refractivity contribution in [1.82, 2.24) is 14.4 Å². The fraction of sp³-hybridized carbons (Fsp3) is 0.714. The van der Waals surface area contributed by atoms with Gasteiger partial charge in [-0.25, -0.2) is 8.42 Å². The molecule has 0 N–H and O–H groups in total. The summed E-state index contributed by atoms with van der Waals surface area (Å²) in [6.45, 7) is 5.91. The highest BCUT2D eigenvalue weighted by Gasteiger charge is 2.44. The van der Waals surface area contributed by atoms with E-state index in [0.29, 0.717) is 32.0 Å². The molecular weight excluding hydrogens is 322 g/mol. The van der Waals surface area contributed by atoms with E-state index >= 15 is 0 Å². The van der Waals surface area contributed by atoms with Crippen LogP contribution >= 0.6 is 0 Å². The predicted octanol–water partition coefficient (Wildman–Crippen LogP) is 0.284. The number of amides is 1. The fourth-order valence-corrected chi connectivity index (χ4v) is 4.44. The summed E-state index contributed by atoms with van der Waals surface area (Å²) >= 11 is 0. The molecule has 1 aromatic rings. The topological polar surface area (TPSA) is 93.0 Å². The summed E-state index contributed by atoms with van der Waals surface area (Å²) in [6.07, 6.45) is 0. The van der Waals surface area contributed by atoms with Crippen LogP contribution in [0.25, 0.3) is 0 Å². The molecule has 0 spiro atoms. The van der Waals surface area contributed by atoms with Crippen LogP contribution < -0.4 is 0 Å². The average Bonchev–Trinajstić information content (AvgIpc) is 2.96. The Bertz CT molecular complexity index is 672. The molecule has 0 bridgehead atoms. The number of carbonyl (C=O) groups excluding carboxylic acids is 1. The van der Waals surface area contributed by atoms with E-state index in [1.54, 1.807) is 6.07 Å². The van der Waals surface area contributed by atoms with Crippen LogP contribution in [0.4, 0.5) is 0 Å². The lowest BCUT2D eigenvalue weighted by Crippen LogP contribution is -2.60. The molecule has 2 aliphatic rings. The summed E-state index contributed by atoms with van der Waals surface area (Å²) < 4.78 is 36.6. The molecule has 8 nitrogen and oxygen atoms in total. The molecule has 23 heavy (non-hydrogen) atoms. The summed E-state index contributed by atoms with van der Waals surface area (Å²) in [6, 6.07) is 1.62. The molecule has 0 aromatic carbocycles. The van der Waals surface area contributed by atoms with Crippen LogP contribution in [-0.2, 0) is 14.8 Å². The first-order valence-corrected chi connectivity index (χ1v) is 9.22. The molecule has 3 heterocycles. The van der Waals surface area contributed by atoms with Crippen molar-refractivity contribution in [3.05, 3.63) is 17.5 Å². The third-order valence-electron chi connectivity index (χ3n) is 4.22. The number of ether oxygens (including phenoxy) is 1. The van der Waals surface area contributed by atoms with Gasteiger partial charge in [0.15, 0.2) is 0 Å². The van der Waals surface area contributed by atoms with Crippen molar-refractivity contribution in [2.45, 2.75) is 25.0 Å². The van der Waals surface area contributed by atoms with Crippen LogP contribution in [0.2, 0.25) is 0 Å². The van der Waals surface area contributed by atoms with Gasteiger partial charge in [0.2, 0.25) is 15.8 Å². The van der Waals surface area contributed by atoms with E-state index in [4.69, 9.17) is 9.26 Å². The number of nitrogens with zero attached hydrogens (tertiary/aromatic N) is 3. The van der Waals surface area contributed by atoms with Crippen molar-refractivity contribution < 1.29 is 22.5 Å². The lowest BCUT2D eigenvalue weighted by molar-refractivity contribution is 0.0584. The summed E-state index contributed by atoms with van der Waals surface area (Å²) in [5, 5.41) is 3.31. The van der Waals surface area contributed by atoms with Gasteiger partial charge in [0.1, 0.15) is 5.25 Å². The Balaban J connectivity index is 1.60. The largest absolute Gasteiger partial charge is 0.379 e.